The normalized spacial score (nSPS) is 10.8. The smallest absolute Gasteiger partial charge is 0.226 e. The second-order valence-corrected chi connectivity index (χ2v) is 4.93. The Morgan fingerprint density at radius 3 is 2.37 bits per heavy atom. The third kappa shape index (κ3) is 5.85. The number of benzene rings is 1. The number of nitrogens with two attached hydrogens (primary N) is 1. The molecule has 0 aromatic heterocycles. The van der Waals surface area contributed by atoms with E-state index in [0.717, 1.165) is 11.1 Å². The van der Waals surface area contributed by atoms with Crippen LogP contribution in [-0.2, 0) is 22.5 Å². The Balaban J connectivity index is 2.40. The highest BCUT2D eigenvalue weighted by atomic mass is 16.5. The van der Waals surface area contributed by atoms with Crippen LogP contribution in [0, 0.1) is 0 Å². The number of hydrogen-bond acceptors (Lipinski definition) is 3. The number of nitrogens with zero attached hydrogens (tertiary/aromatic N) is 1. The minimum atomic E-state index is 0.104. The van der Waals surface area contributed by atoms with E-state index in [9.17, 15) is 4.79 Å². The molecule has 1 amide bonds. The Morgan fingerprint density at radius 1 is 1.26 bits per heavy atom. The van der Waals surface area contributed by atoms with Crippen LogP contribution in [0.4, 0.5) is 0 Å². The maximum Gasteiger partial charge on any atom is 0.226 e. The maximum atomic E-state index is 12.0. The molecule has 0 aliphatic carbocycles. The topological polar surface area (TPSA) is 55.6 Å². The Bertz CT molecular complexity index is 388. The fourth-order valence-corrected chi connectivity index (χ4v) is 1.65. The van der Waals surface area contributed by atoms with E-state index in [1.54, 1.807) is 11.9 Å². The van der Waals surface area contributed by atoms with Crippen molar-refractivity contribution in [2.75, 3.05) is 20.2 Å². The van der Waals surface area contributed by atoms with Gasteiger partial charge in [-0.25, -0.2) is 0 Å². The van der Waals surface area contributed by atoms with Gasteiger partial charge >= 0.3 is 0 Å². The van der Waals surface area contributed by atoms with Gasteiger partial charge in [0.05, 0.1) is 19.1 Å². The van der Waals surface area contributed by atoms with Crippen molar-refractivity contribution in [2.24, 2.45) is 5.73 Å². The van der Waals surface area contributed by atoms with Crippen LogP contribution in [0.1, 0.15) is 25.0 Å². The van der Waals surface area contributed by atoms with Gasteiger partial charge in [0.1, 0.15) is 0 Å². The first-order valence-electron chi connectivity index (χ1n) is 6.66. The molecule has 0 unspecified atom stereocenters. The Kier molecular flexibility index (Phi) is 6.53. The van der Waals surface area contributed by atoms with E-state index >= 15 is 0 Å². The summed E-state index contributed by atoms with van der Waals surface area (Å²) in [4.78, 5) is 13.7. The molecule has 0 aliphatic heterocycles. The van der Waals surface area contributed by atoms with Crippen molar-refractivity contribution >= 4 is 5.91 Å². The summed E-state index contributed by atoms with van der Waals surface area (Å²) in [6.45, 7) is 5.70. The van der Waals surface area contributed by atoms with Crippen LogP contribution in [0.3, 0.4) is 0 Å². The molecule has 106 valence electrons. The maximum absolute atomic E-state index is 12.0. The van der Waals surface area contributed by atoms with Crippen LogP contribution in [0.15, 0.2) is 24.3 Å². The molecule has 0 radical (unpaired) electrons. The van der Waals surface area contributed by atoms with Crippen LogP contribution in [0.2, 0.25) is 0 Å². The Hall–Kier alpha value is -1.39. The summed E-state index contributed by atoms with van der Waals surface area (Å²) >= 11 is 0. The lowest BCUT2D eigenvalue weighted by atomic mass is 10.1. The summed E-state index contributed by atoms with van der Waals surface area (Å²) in [7, 11) is 1.81. The van der Waals surface area contributed by atoms with E-state index in [4.69, 9.17) is 10.5 Å². The average molecular weight is 264 g/mol. The van der Waals surface area contributed by atoms with E-state index in [2.05, 4.69) is 0 Å². The molecule has 0 saturated carbocycles. The predicted octanol–water partition coefficient (Wildman–Crippen LogP) is 1.57. The lowest BCUT2D eigenvalue weighted by Crippen LogP contribution is -2.31. The van der Waals surface area contributed by atoms with Gasteiger partial charge in [0.25, 0.3) is 0 Å². The number of likely N-dealkylation sites (N-methyl/N-ethyl adjacent to an activating group) is 1. The van der Waals surface area contributed by atoms with Gasteiger partial charge in [-0.3, -0.25) is 4.79 Å². The monoisotopic (exact) mass is 264 g/mol. The molecule has 0 heterocycles. The van der Waals surface area contributed by atoms with Crippen LogP contribution < -0.4 is 5.73 Å². The molecular weight excluding hydrogens is 240 g/mol. The zero-order valence-electron chi connectivity index (χ0n) is 12.1. The van der Waals surface area contributed by atoms with Gasteiger partial charge in [0, 0.05) is 20.1 Å². The zero-order valence-corrected chi connectivity index (χ0v) is 12.1. The highest BCUT2D eigenvalue weighted by Gasteiger charge is 2.09. The SMILES string of the molecule is CC(C)OCCN(C)C(=O)Cc1ccc(CN)cc1. The molecule has 0 saturated heterocycles. The minimum Gasteiger partial charge on any atom is -0.377 e. The van der Waals surface area contributed by atoms with Crippen molar-refractivity contribution in [3.8, 4) is 0 Å². The molecule has 4 heteroatoms. The van der Waals surface area contributed by atoms with Gasteiger partial charge in [-0.2, -0.15) is 0 Å². The van der Waals surface area contributed by atoms with Crippen LogP contribution in [0.5, 0.6) is 0 Å². The molecule has 4 nitrogen and oxygen atoms in total. The number of rotatable bonds is 7. The number of carbonyl (C=O) groups is 1. The summed E-state index contributed by atoms with van der Waals surface area (Å²) in [5.74, 6) is 0.104. The lowest BCUT2D eigenvalue weighted by Gasteiger charge is -2.18. The third-order valence-corrected chi connectivity index (χ3v) is 2.92. The van der Waals surface area contributed by atoms with Crippen molar-refractivity contribution in [3.05, 3.63) is 35.4 Å². The van der Waals surface area contributed by atoms with Gasteiger partial charge in [-0.05, 0) is 25.0 Å². The molecule has 2 N–H and O–H groups in total. The first-order valence-corrected chi connectivity index (χ1v) is 6.66. The summed E-state index contributed by atoms with van der Waals surface area (Å²) in [6, 6.07) is 7.84. The quantitative estimate of drug-likeness (QED) is 0.813. The molecule has 1 aromatic rings. The summed E-state index contributed by atoms with van der Waals surface area (Å²) < 4.78 is 5.44. The molecule has 1 rings (SSSR count). The van der Waals surface area contributed by atoms with Crippen molar-refractivity contribution in [1.29, 1.82) is 0 Å². The Labute approximate surface area is 115 Å². The van der Waals surface area contributed by atoms with Crippen molar-refractivity contribution in [2.45, 2.75) is 32.9 Å². The molecule has 19 heavy (non-hydrogen) atoms. The predicted molar refractivity (Wildman–Crippen MR) is 76.8 cm³/mol. The number of amides is 1. The highest BCUT2D eigenvalue weighted by Crippen LogP contribution is 2.06. The number of carbonyl (C=O) groups excluding carboxylic acids is 1. The lowest BCUT2D eigenvalue weighted by molar-refractivity contribution is -0.130. The van der Waals surface area contributed by atoms with Crippen LogP contribution in [-0.4, -0.2) is 37.1 Å². The van der Waals surface area contributed by atoms with Gasteiger partial charge in [-0.1, -0.05) is 24.3 Å². The largest absolute Gasteiger partial charge is 0.377 e. The van der Waals surface area contributed by atoms with E-state index in [0.29, 0.717) is 26.1 Å². The summed E-state index contributed by atoms with van der Waals surface area (Å²) in [5.41, 5.74) is 7.63. The van der Waals surface area contributed by atoms with Crippen molar-refractivity contribution in [1.82, 2.24) is 4.90 Å². The molecule has 1 aromatic carbocycles. The Morgan fingerprint density at radius 2 is 1.84 bits per heavy atom. The van der Waals surface area contributed by atoms with Gasteiger partial charge in [-0.15, -0.1) is 0 Å². The second kappa shape index (κ2) is 7.92. The third-order valence-electron chi connectivity index (χ3n) is 2.92. The van der Waals surface area contributed by atoms with E-state index in [1.807, 2.05) is 38.1 Å². The first kappa shape index (κ1) is 15.7. The highest BCUT2D eigenvalue weighted by molar-refractivity contribution is 5.78. The standard InChI is InChI=1S/C15H24N2O2/c1-12(2)19-9-8-17(3)15(18)10-13-4-6-14(11-16)7-5-13/h4-7,12H,8-11,16H2,1-3H3. The minimum absolute atomic E-state index is 0.104. The van der Waals surface area contributed by atoms with Gasteiger partial charge in [0.2, 0.25) is 5.91 Å². The average Bonchev–Trinajstić information content (AvgIpc) is 2.39. The molecule has 0 aliphatic rings. The number of ether oxygens (including phenoxy) is 1. The van der Waals surface area contributed by atoms with Gasteiger partial charge < -0.3 is 15.4 Å². The van der Waals surface area contributed by atoms with E-state index < -0.39 is 0 Å². The molecule has 0 bridgehead atoms. The van der Waals surface area contributed by atoms with E-state index in [-0.39, 0.29) is 12.0 Å². The molecule has 0 fully saturated rings. The fourth-order valence-electron chi connectivity index (χ4n) is 1.65. The molecule has 0 spiro atoms. The van der Waals surface area contributed by atoms with E-state index in [1.165, 1.54) is 0 Å². The zero-order chi connectivity index (χ0) is 14.3. The second-order valence-electron chi connectivity index (χ2n) is 4.93. The van der Waals surface area contributed by atoms with Crippen LogP contribution in [0.25, 0.3) is 0 Å². The number of hydrogen-bond donors (Lipinski definition) is 1. The molecular formula is C15H24N2O2. The fraction of sp³-hybridized carbons (Fsp3) is 0.533. The summed E-state index contributed by atoms with van der Waals surface area (Å²) in [6.07, 6.45) is 0.621. The first-order chi connectivity index (χ1) is 9.02. The van der Waals surface area contributed by atoms with Crippen LogP contribution >= 0.6 is 0 Å². The van der Waals surface area contributed by atoms with Gasteiger partial charge in [0.15, 0.2) is 0 Å². The van der Waals surface area contributed by atoms with Crippen molar-refractivity contribution in [3.63, 3.8) is 0 Å². The summed E-state index contributed by atoms with van der Waals surface area (Å²) in [5, 5.41) is 0. The van der Waals surface area contributed by atoms with Crippen molar-refractivity contribution < 1.29 is 9.53 Å². The molecule has 0 atom stereocenters.